The first-order valence-corrected chi connectivity index (χ1v) is 21.6. The SMILES string of the molecule is CC.O=C(CCCCN1CCN(CC(=O)OCc2ccccc2)CCN(CC(=O)OCc2ccccc2)CCN(CC(=O)OCc2ccccc2)CC1)OCc1ccccc1. The molecule has 1 aliphatic heterocycles. The second-order valence-corrected chi connectivity index (χ2v) is 14.7. The van der Waals surface area contributed by atoms with Crippen LogP contribution in [0.2, 0.25) is 0 Å². The molecule has 328 valence electrons. The molecule has 0 spiro atoms. The molecule has 1 heterocycles. The first-order chi connectivity index (χ1) is 29.9. The van der Waals surface area contributed by atoms with Gasteiger partial charge in [0, 0.05) is 58.8 Å². The second kappa shape index (κ2) is 29.0. The molecule has 12 nitrogen and oxygen atoms in total. The molecule has 5 rings (SSSR count). The molecule has 12 heteroatoms. The van der Waals surface area contributed by atoms with Gasteiger partial charge in [-0.15, -0.1) is 0 Å². The highest BCUT2D eigenvalue weighted by molar-refractivity contribution is 5.72. The minimum atomic E-state index is -0.348. The normalized spacial score (nSPS) is 14.6. The number of nitrogens with zero attached hydrogens (tertiary/aromatic N) is 4. The van der Waals surface area contributed by atoms with Gasteiger partial charge >= 0.3 is 23.9 Å². The zero-order chi connectivity index (χ0) is 43.3. The van der Waals surface area contributed by atoms with Crippen LogP contribution in [0.1, 0.15) is 55.4 Å². The van der Waals surface area contributed by atoms with Gasteiger partial charge in [0.2, 0.25) is 0 Å². The molecule has 0 amide bonds. The van der Waals surface area contributed by atoms with Crippen molar-refractivity contribution in [3.8, 4) is 0 Å². The summed E-state index contributed by atoms with van der Waals surface area (Å²) >= 11 is 0. The summed E-state index contributed by atoms with van der Waals surface area (Å²) in [7, 11) is 0. The number of ether oxygens (including phenoxy) is 4. The van der Waals surface area contributed by atoms with Gasteiger partial charge < -0.3 is 23.8 Å². The summed E-state index contributed by atoms with van der Waals surface area (Å²) < 4.78 is 22.5. The lowest BCUT2D eigenvalue weighted by Gasteiger charge is -2.33. The average molecular weight is 837 g/mol. The third-order valence-corrected chi connectivity index (χ3v) is 10.1. The van der Waals surface area contributed by atoms with Crippen molar-refractivity contribution in [1.29, 1.82) is 0 Å². The monoisotopic (exact) mass is 836 g/mol. The van der Waals surface area contributed by atoms with Crippen molar-refractivity contribution in [3.05, 3.63) is 144 Å². The van der Waals surface area contributed by atoms with E-state index in [9.17, 15) is 19.2 Å². The molecule has 4 aromatic carbocycles. The van der Waals surface area contributed by atoms with Crippen LogP contribution in [0.5, 0.6) is 0 Å². The van der Waals surface area contributed by atoms with Crippen molar-refractivity contribution in [1.82, 2.24) is 19.6 Å². The molecule has 1 fully saturated rings. The first-order valence-electron chi connectivity index (χ1n) is 21.6. The topological polar surface area (TPSA) is 118 Å². The van der Waals surface area contributed by atoms with E-state index in [4.69, 9.17) is 18.9 Å². The summed E-state index contributed by atoms with van der Waals surface area (Å²) in [6.45, 7) is 10.2. The Bertz CT molecular complexity index is 1740. The molecular weight excluding hydrogens is 773 g/mol. The molecule has 0 aromatic heterocycles. The van der Waals surface area contributed by atoms with E-state index < -0.39 is 0 Å². The average Bonchev–Trinajstić information content (AvgIpc) is 3.30. The lowest BCUT2D eigenvalue weighted by molar-refractivity contribution is -0.148. The molecule has 0 aliphatic carbocycles. The van der Waals surface area contributed by atoms with Crippen LogP contribution >= 0.6 is 0 Å². The van der Waals surface area contributed by atoms with Crippen molar-refractivity contribution < 1.29 is 38.1 Å². The van der Waals surface area contributed by atoms with Crippen molar-refractivity contribution in [2.24, 2.45) is 0 Å². The first kappa shape index (κ1) is 48.3. The van der Waals surface area contributed by atoms with Crippen LogP contribution in [-0.2, 0) is 64.6 Å². The van der Waals surface area contributed by atoms with Gasteiger partial charge in [-0.05, 0) is 41.6 Å². The van der Waals surface area contributed by atoms with Gasteiger partial charge in [0.25, 0.3) is 0 Å². The van der Waals surface area contributed by atoms with Gasteiger partial charge in [-0.1, -0.05) is 135 Å². The minimum absolute atomic E-state index is 0.0608. The highest BCUT2D eigenvalue weighted by atomic mass is 16.5. The third-order valence-electron chi connectivity index (χ3n) is 10.1. The number of hydrogen-bond donors (Lipinski definition) is 0. The Morgan fingerprint density at radius 2 is 0.639 bits per heavy atom. The van der Waals surface area contributed by atoms with E-state index in [-0.39, 0.29) is 69.9 Å². The van der Waals surface area contributed by atoms with Gasteiger partial charge in [0.15, 0.2) is 0 Å². The predicted octanol–water partition coefficient (Wildman–Crippen LogP) is 6.38. The van der Waals surface area contributed by atoms with Crippen LogP contribution in [0.3, 0.4) is 0 Å². The number of carbonyl (C=O) groups excluding carboxylic acids is 4. The van der Waals surface area contributed by atoms with Crippen LogP contribution in [0.25, 0.3) is 0 Å². The standard InChI is InChI=1S/C47H58N4O8.C2H6/c52-44(56-36-40-15-5-1-6-16-40)23-13-14-24-48-25-27-49(33-45(53)57-37-41-17-7-2-8-18-41)29-31-51(35-47(55)59-39-43-21-11-4-12-22-43)32-30-50(28-26-48)34-46(54)58-38-42-19-9-3-10-20-42;1-2/h1-12,15-22H,13-14,23-39H2;1-2H3. The van der Waals surface area contributed by atoms with Gasteiger partial charge in [0.1, 0.15) is 26.4 Å². The number of carbonyl (C=O) groups is 4. The highest BCUT2D eigenvalue weighted by Crippen LogP contribution is 2.09. The largest absolute Gasteiger partial charge is 0.461 e. The van der Waals surface area contributed by atoms with E-state index in [1.807, 2.05) is 140 Å². The molecule has 0 saturated carbocycles. The van der Waals surface area contributed by atoms with E-state index in [1.54, 1.807) is 0 Å². The fourth-order valence-electron chi connectivity index (χ4n) is 6.59. The van der Waals surface area contributed by atoms with Crippen molar-refractivity contribution in [2.45, 2.75) is 59.5 Å². The third kappa shape index (κ3) is 20.6. The minimum Gasteiger partial charge on any atom is -0.461 e. The van der Waals surface area contributed by atoms with Gasteiger partial charge in [0.05, 0.1) is 19.6 Å². The summed E-state index contributed by atoms with van der Waals surface area (Å²) in [4.78, 5) is 60.5. The Labute approximate surface area is 362 Å². The van der Waals surface area contributed by atoms with E-state index >= 15 is 0 Å². The Morgan fingerprint density at radius 1 is 0.377 bits per heavy atom. The van der Waals surface area contributed by atoms with Crippen molar-refractivity contribution >= 4 is 23.9 Å². The molecule has 1 aliphatic rings. The fraction of sp³-hybridized carbons (Fsp3) is 0.429. The predicted molar refractivity (Wildman–Crippen MR) is 236 cm³/mol. The number of hydrogen-bond acceptors (Lipinski definition) is 12. The van der Waals surface area contributed by atoms with Crippen LogP contribution in [0, 0.1) is 0 Å². The van der Waals surface area contributed by atoms with E-state index in [0.717, 1.165) is 35.2 Å². The molecular formula is C49H64N4O8. The van der Waals surface area contributed by atoms with Crippen LogP contribution < -0.4 is 0 Å². The molecule has 1 saturated heterocycles. The van der Waals surface area contributed by atoms with Crippen LogP contribution in [0.15, 0.2) is 121 Å². The Balaban J connectivity index is 0.00000403. The van der Waals surface area contributed by atoms with Gasteiger partial charge in [-0.2, -0.15) is 0 Å². The maximum atomic E-state index is 13.2. The number of esters is 4. The molecule has 0 unspecified atom stereocenters. The maximum Gasteiger partial charge on any atom is 0.320 e. The summed E-state index contributed by atoms with van der Waals surface area (Å²) in [6, 6.07) is 38.4. The van der Waals surface area contributed by atoms with Crippen LogP contribution in [0.4, 0.5) is 0 Å². The quantitative estimate of drug-likeness (QED) is 0.0593. The zero-order valence-electron chi connectivity index (χ0n) is 36.0. The van der Waals surface area contributed by atoms with E-state index in [2.05, 4.69) is 14.7 Å². The molecule has 0 atom stereocenters. The van der Waals surface area contributed by atoms with Crippen molar-refractivity contribution in [3.63, 3.8) is 0 Å². The summed E-state index contributed by atoms with van der Waals surface area (Å²) in [5.41, 5.74) is 3.69. The number of rotatable bonds is 19. The molecule has 0 bridgehead atoms. The smallest absolute Gasteiger partial charge is 0.320 e. The highest BCUT2D eigenvalue weighted by Gasteiger charge is 2.22. The molecule has 0 radical (unpaired) electrons. The second-order valence-electron chi connectivity index (χ2n) is 14.7. The Kier molecular flexibility index (Phi) is 22.9. The molecule has 4 aromatic rings. The molecule has 0 N–H and O–H groups in total. The Hall–Kier alpha value is -5.40. The summed E-state index contributed by atoms with van der Waals surface area (Å²) in [6.07, 6.45) is 1.77. The van der Waals surface area contributed by atoms with E-state index in [1.165, 1.54) is 0 Å². The van der Waals surface area contributed by atoms with E-state index in [0.29, 0.717) is 65.2 Å². The van der Waals surface area contributed by atoms with Crippen LogP contribution in [-0.4, -0.2) is 122 Å². The Morgan fingerprint density at radius 3 is 0.934 bits per heavy atom. The number of benzene rings is 4. The van der Waals surface area contributed by atoms with Gasteiger partial charge in [-0.3, -0.25) is 33.9 Å². The van der Waals surface area contributed by atoms with Gasteiger partial charge in [-0.25, -0.2) is 0 Å². The lowest BCUT2D eigenvalue weighted by Crippen LogP contribution is -2.48. The summed E-state index contributed by atoms with van der Waals surface area (Å²) in [5, 5.41) is 0. The number of unbranched alkanes of at least 4 members (excludes halogenated alkanes) is 1. The summed E-state index contributed by atoms with van der Waals surface area (Å²) in [5.74, 6) is -1.22. The maximum absolute atomic E-state index is 13.2. The lowest BCUT2D eigenvalue weighted by atomic mass is 10.2. The zero-order valence-corrected chi connectivity index (χ0v) is 36.0. The molecule has 61 heavy (non-hydrogen) atoms. The van der Waals surface area contributed by atoms with Crippen molar-refractivity contribution in [2.75, 3.05) is 78.5 Å². The fourth-order valence-corrected chi connectivity index (χ4v) is 6.59.